The summed E-state index contributed by atoms with van der Waals surface area (Å²) in [6.45, 7) is 1.59. The van der Waals surface area contributed by atoms with Gasteiger partial charge in [0, 0.05) is 12.1 Å². The monoisotopic (exact) mass is 291 g/mol. The number of carboxylic acids is 1. The Morgan fingerprint density at radius 3 is 2.48 bits per heavy atom. The first-order valence-corrected chi connectivity index (χ1v) is 5.84. The number of nitro benzene ring substituents is 1. The summed E-state index contributed by atoms with van der Waals surface area (Å²) in [6.07, 6.45) is 0. The summed E-state index contributed by atoms with van der Waals surface area (Å²) >= 11 is 0. The van der Waals surface area contributed by atoms with E-state index < -0.39 is 16.7 Å². The molecule has 0 radical (unpaired) electrons. The van der Waals surface area contributed by atoms with Crippen LogP contribution in [-0.2, 0) is 0 Å². The van der Waals surface area contributed by atoms with Crippen molar-refractivity contribution in [2.24, 2.45) is 0 Å². The maximum absolute atomic E-state index is 13.1. The zero-order valence-corrected chi connectivity index (χ0v) is 10.9. The molecule has 0 bridgehead atoms. The smallest absolute Gasteiger partial charge is 0.339 e. The predicted molar refractivity (Wildman–Crippen MR) is 71.3 cm³/mol. The summed E-state index contributed by atoms with van der Waals surface area (Å²) < 4.78 is 18.5. The summed E-state index contributed by atoms with van der Waals surface area (Å²) in [5.41, 5.74) is 0.0371. The van der Waals surface area contributed by atoms with Crippen LogP contribution in [0.2, 0.25) is 0 Å². The van der Waals surface area contributed by atoms with E-state index in [4.69, 9.17) is 9.84 Å². The number of aromatic carboxylic acids is 1. The molecular formula is C14H10FNO5. The number of rotatable bonds is 4. The number of hydrogen-bond donors (Lipinski definition) is 1. The van der Waals surface area contributed by atoms with Gasteiger partial charge in [0.25, 0.3) is 5.69 Å². The Morgan fingerprint density at radius 1 is 1.24 bits per heavy atom. The molecule has 0 atom stereocenters. The van der Waals surface area contributed by atoms with Gasteiger partial charge in [-0.05, 0) is 36.8 Å². The molecule has 0 fully saturated rings. The Hall–Kier alpha value is -2.96. The number of carboxylic acid groups (broad SMARTS) is 1. The van der Waals surface area contributed by atoms with Crippen LogP contribution in [0.4, 0.5) is 10.1 Å². The summed E-state index contributed by atoms with van der Waals surface area (Å²) in [5.74, 6) is -1.81. The molecule has 0 spiro atoms. The highest BCUT2D eigenvalue weighted by molar-refractivity contribution is 5.91. The zero-order chi connectivity index (χ0) is 15.6. The molecule has 0 aliphatic carbocycles. The van der Waals surface area contributed by atoms with E-state index in [1.807, 2.05) is 0 Å². The van der Waals surface area contributed by atoms with Gasteiger partial charge in [-0.2, -0.15) is 0 Å². The van der Waals surface area contributed by atoms with Crippen molar-refractivity contribution < 1.29 is 24.0 Å². The second-order valence-corrected chi connectivity index (χ2v) is 4.25. The molecular weight excluding hydrogens is 281 g/mol. The van der Waals surface area contributed by atoms with E-state index in [9.17, 15) is 19.3 Å². The van der Waals surface area contributed by atoms with Crippen LogP contribution < -0.4 is 4.74 Å². The first kappa shape index (κ1) is 14.4. The second kappa shape index (κ2) is 5.58. The van der Waals surface area contributed by atoms with Gasteiger partial charge in [0.1, 0.15) is 22.9 Å². The highest BCUT2D eigenvalue weighted by Gasteiger charge is 2.15. The standard InChI is InChI=1S/C14H10FNO5/c1-8-6-10(16(19)20)3-5-12(8)21-13-4-2-9(15)7-11(13)14(17)18/h2-7H,1H3,(H,17,18). The van der Waals surface area contributed by atoms with Crippen LogP contribution in [0.5, 0.6) is 11.5 Å². The molecule has 21 heavy (non-hydrogen) atoms. The maximum Gasteiger partial charge on any atom is 0.339 e. The summed E-state index contributed by atoms with van der Waals surface area (Å²) in [6, 6.07) is 7.02. The molecule has 2 aromatic rings. The number of hydrogen-bond acceptors (Lipinski definition) is 4. The topological polar surface area (TPSA) is 89.7 Å². The van der Waals surface area contributed by atoms with Crippen molar-refractivity contribution in [3.63, 3.8) is 0 Å². The Morgan fingerprint density at radius 2 is 1.90 bits per heavy atom. The van der Waals surface area contributed by atoms with Gasteiger partial charge in [-0.3, -0.25) is 10.1 Å². The Balaban J connectivity index is 2.39. The minimum atomic E-state index is -1.33. The Bertz CT molecular complexity index is 729. The molecule has 0 heterocycles. The van der Waals surface area contributed by atoms with Crippen LogP contribution in [-0.4, -0.2) is 16.0 Å². The molecule has 6 nitrogen and oxygen atoms in total. The molecule has 108 valence electrons. The number of carbonyl (C=O) groups is 1. The van der Waals surface area contributed by atoms with Crippen LogP contribution in [0.3, 0.4) is 0 Å². The fraction of sp³-hybridized carbons (Fsp3) is 0.0714. The predicted octanol–water partition coefficient (Wildman–Crippen LogP) is 3.53. The minimum absolute atomic E-state index is 0.0409. The molecule has 1 N–H and O–H groups in total. The Kier molecular flexibility index (Phi) is 3.84. The molecule has 0 saturated carbocycles. The normalized spacial score (nSPS) is 10.2. The van der Waals surface area contributed by atoms with Crippen LogP contribution in [0.1, 0.15) is 15.9 Å². The highest BCUT2D eigenvalue weighted by atomic mass is 19.1. The van der Waals surface area contributed by atoms with Crippen LogP contribution in [0.15, 0.2) is 36.4 Å². The van der Waals surface area contributed by atoms with E-state index in [1.54, 1.807) is 6.92 Å². The van der Waals surface area contributed by atoms with E-state index >= 15 is 0 Å². The number of aryl methyl sites for hydroxylation is 1. The van der Waals surface area contributed by atoms with Crippen molar-refractivity contribution in [1.82, 2.24) is 0 Å². The first-order chi connectivity index (χ1) is 9.88. The van der Waals surface area contributed by atoms with Gasteiger partial charge in [0.15, 0.2) is 0 Å². The third-order valence-corrected chi connectivity index (χ3v) is 2.76. The third kappa shape index (κ3) is 3.14. The van der Waals surface area contributed by atoms with Crippen molar-refractivity contribution in [2.45, 2.75) is 6.92 Å². The van der Waals surface area contributed by atoms with Crippen molar-refractivity contribution in [2.75, 3.05) is 0 Å². The van der Waals surface area contributed by atoms with E-state index in [0.29, 0.717) is 5.56 Å². The Labute approximate surface area is 118 Å². The fourth-order valence-electron chi connectivity index (χ4n) is 1.74. The van der Waals surface area contributed by atoms with Gasteiger partial charge < -0.3 is 9.84 Å². The number of benzene rings is 2. The lowest BCUT2D eigenvalue weighted by molar-refractivity contribution is -0.384. The first-order valence-electron chi connectivity index (χ1n) is 5.84. The third-order valence-electron chi connectivity index (χ3n) is 2.76. The average Bonchev–Trinajstić information content (AvgIpc) is 2.42. The van der Waals surface area contributed by atoms with Crippen LogP contribution >= 0.6 is 0 Å². The van der Waals surface area contributed by atoms with Crippen molar-refractivity contribution in [3.8, 4) is 11.5 Å². The van der Waals surface area contributed by atoms with E-state index in [0.717, 1.165) is 12.1 Å². The van der Waals surface area contributed by atoms with E-state index in [1.165, 1.54) is 24.3 Å². The van der Waals surface area contributed by atoms with E-state index in [2.05, 4.69) is 0 Å². The fourth-order valence-corrected chi connectivity index (χ4v) is 1.74. The number of non-ortho nitro benzene ring substituents is 1. The molecule has 0 aromatic heterocycles. The van der Waals surface area contributed by atoms with Crippen molar-refractivity contribution >= 4 is 11.7 Å². The van der Waals surface area contributed by atoms with Crippen molar-refractivity contribution in [1.29, 1.82) is 0 Å². The highest BCUT2D eigenvalue weighted by Crippen LogP contribution is 2.30. The van der Waals surface area contributed by atoms with Crippen LogP contribution in [0.25, 0.3) is 0 Å². The SMILES string of the molecule is Cc1cc([N+](=O)[O-])ccc1Oc1ccc(F)cc1C(=O)O. The average molecular weight is 291 g/mol. The van der Waals surface area contributed by atoms with Gasteiger partial charge >= 0.3 is 5.97 Å². The molecule has 0 saturated heterocycles. The van der Waals surface area contributed by atoms with Gasteiger partial charge in [-0.15, -0.1) is 0 Å². The van der Waals surface area contributed by atoms with Gasteiger partial charge in [0.2, 0.25) is 0 Å². The maximum atomic E-state index is 13.1. The minimum Gasteiger partial charge on any atom is -0.478 e. The molecule has 0 amide bonds. The number of nitro groups is 1. The number of nitrogens with zero attached hydrogens (tertiary/aromatic N) is 1. The number of ether oxygens (including phenoxy) is 1. The second-order valence-electron chi connectivity index (χ2n) is 4.25. The van der Waals surface area contributed by atoms with E-state index in [-0.39, 0.29) is 22.7 Å². The molecule has 0 aliphatic heterocycles. The molecule has 2 aromatic carbocycles. The summed E-state index contributed by atoms with van der Waals surface area (Å²) in [4.78, 5) is 21.2. The van der Waals surface area contributed by atoms with Gasteiger partial charge in [-0.1, -0.05) is 0 Å². The molecule has 7 heteroatoms. The van der Waals surface area contributed by atoms with Crippen LogP contribution in [0, 0.1) is 22.9 Å². The lowest BCUT2D eigenvalue weighted by atomic mass is 10.1. The summed E-state index contributed by atoms with van der Waals surface area (Å²) in [7, 11) is 0. The largest absolute Gasteiger partial charge is 0.478 e. The van der Waals surface area contributed by atoms with Gasteiger partial charge in [0.05, 0.1) is 4.92 Å². The van der Waals surface area contributed by atoms with Gasteiger partial charge in [-0.25, -0.2) is 9.18 Å². The number of halogens is 1. The summed E-state index contributed by atoms with van der Waals surface area (Å²) in [5, 5.41) is 19.7. The quantitative estimate of drug-likeness (QED) is 0.687. The zero-order valence-electron chi connectivity index (χ0n) is 10.9. The molecule has 0 unspecified atom stereocenters. The molecule has 2 rings (SSSR count). The molecule has 0 aliphatic rings. The van der Waals surface area contributed by atoms with Crippen molar-refractivity contribution in [3.05, 3.63) is 63.5 Å². The lowest BCUT2D eigenvalue weighted by Crippen LogP contribution is -2.01. The lowest BCUT2D eigenvalue weighted by Gasteiger charge is -2.10.